The van der Waals surface area contributed by atoms with Gasteiger partial charge in [-0.15, -0.1) is 0 Å². The summed E-state index contributed by atoms with van der Waals surface area (Å²) in [7, 11) is 0. The van der Waals surface area contributed by atoms with Gasteiger partial charge in [0.2, 0.25) is 0 Å². The zero-order valence-corrected chi connectivity index (χ0v) is 13.7. The first-order valence-electron chi connectivity index (χ1n) is 8.23. The summed E-state index contributed by atoms with van der Waals surface area (Å²) in [6, 6.07) is 6.68. The molecule has 0 heterocycles. The van der Waals surface area contributed by atoms with Gasteiger partial charge in [-0.3, -0.25) is 5.32 Å². The highest BCUT2D eigenvalue weighted by Gasteiger charge is 2.31. The van der Waals surface area contributed by atoms with Crippen LogP contribution >= 0.6 is 0 Å². The van der Waals surface area contributed by atoms with Crippen molar-refractivity contribution in [2.75, 3.05) is 5.32 Å². The first kappa shape index (κ1) is 16.7. The van der Waals surface area contributed by atoms with Crippen LogP contribution in [-0.4, -0.2) is 17.3 Å². The van der Waals surface area contributed by atoms with Crippen molar-refractivity contribution < 1.29 is 14.6 Å². The predicted molar refractivity (Wildman–Crippen MR) is 88.0 cm³/mol. The monoisotopic (exact) mass is 305 g/mol. The highest BCUT2D eigenvalue weighted by atomic mass is 16.6. The lowest BCUT2D eigenvalue weighted by atomic mass is 9.86. The van der Waals surface area contributed by atoms with E-state index in [1.54, 1.807) is 24.3 Å². The minimum atomic E-state index is -0.480. The normalized spacial score (nSPS) is 25.5. The summed E-state index contributed by atoms with van der Waals surface area (Å²) in [6.45, 7) is 6.61. The Kier molecular flexibility index (Phi) is 5.69. The molecule has 1 fully saturated rings. The number of rotatable bonds is 3. The molecule has 0 radical (unpaired) electrons. The van der Waals surface area contributed by atoms with E-state index >= 15 is 0 Å². The van der Waals surface area contributed by atoms with Crippen molar-refractivity contribution in [3.63, 3.8) is 0 Å². The van der Waals surface area contributed by atoms with Crippen LogP contribution in [0, 0.1) is 17.8 Å². The zero-order chi connectivity index (χ0) is 16.1. The summed E-state index contributed by atoms with van der Waals surface area (Å²) in [4.78, 5) is 12.2. The summed E-state index contributed by atoms with van der Waals surface area (Å²) in [5.74, 6) is 1.52. The Bertz CT molecular complexity index is 501. The Hall–Kier alpha value is -1.71. The molecule has 1 aromatic rings. The molecule has 4 heteroatoms. The number of phenols is 1. The molecule has 1 saturated carbocycles. The fourth-order valence-electron chi connectivity index (χ4n) is 3.33. The molecule has 1 aromatic carbocycles. The molecule has 1 amide bonds. The van der Waals surface area contributed by atoms with Crippen molar-refractivity contribution in [3.8, 4) is 5.75 Å². The minimum absolute atomic E-state index is 0.0501. The first-order valence-corrected chi connectivity index (χ1v) is 8.23. The minimum Gasteiger partial charge on any atom is -0.506 e. The van der Waals surface area contributed by atoms with Gasteiger partial charge in [0.25, 0.3) is 0 Å². The number of carbonyl (C=O) groups is 1. The molecule has 1 aliphatic carbocycles. The van der Waals surface area contributed by atoms with E-state index in [1.807, 2.05) is 0 Å². The molecule has 3 unspecified atom stereocenters. The molecule has 4 nitrogen and oxygen atoms in total. The van der Waals surface area contributed by atoms with Gasteiger partial charge in [0.15, 0.2) is 0 Å². The SMILES string of the molecule is CC1CCCC(C(C)C)C(OC(=O)Nc2ccccc2O)C1. The van der Waals surface area contributed by atoms with Crippen LogP contribution in [0.2, 0.25) is 0 Å². The second kappa shape index (κ2) is 7.52. The van der Waals surface area contributed by atoms with Crippen molar-refractivity contribution in [2.45, 2.75) is 52.6 Å². The number of carbonyl (C=O) groups excluding carboxylic acids is 1. The van der Waals surface area contributed by atoms with E-state index in [1.165, 1.54) is 12.8 Å². The molecule has 0 bridgehead atoms. The first-order chi connectivity index (χ1) is 10.5. The molecule has 22 heavy (non-hydrogen) atoms. The van der Waals surface area contributed by atoms with E-state index in [2.05, 4.69) is 26.1 Å². The topological polar surface area (TPSA) is 58.6 Å². The molecule has 2 N–H and O–H groups in total. The lowest BCUT2D eigenvalue weighted by Crippen LogP contribution is -2.32. The third kappa shape index (κ3) is 4.39. The highest BCUT2D eigenvalue weighted by Crippen LogP contribution is 2.34. The maximum absolute atomic E-state index is 12.2. The molecular formula is C18H27NO3. The Morgan fingerprint density at radius 1 is 1.32 bits per heavy atom. The van der Waals surface area contributed by atoms with Crippen LogP contribution in [0.15, 0.2) is 24.3 Å². The van der Waals surface area contributed by atoms with Gasteiger partial charge in [0.05, 0.1) is 5.69 Å². The van der Waals surface area contributed by atoms with Crippen LogP contribution in [0.5, 0.6) is 5.75 Å². The van der Waals surface area contributed by atoms with Gasteiger partial charge in [-0.1, -0.05) is 45.7 Å². The number of phenolic OH excluding ortho intramolecular Hbond substituents is 1. The zero-order valence-electron chi connectivity index (χ0n) is 13.7. The quantitative estimate of drug-likeness (QED) is 0.623. The van der Waals surface area contributed by atoms with Crippen molar-refractivity contribution in [3.05, 3.63) is 24.3 Å². The number of anilines is 1. The Labute approximate surface area is 132 Å². The predicted octanol–water partition coefficient (Wildman–Crippen LogP) is 4.79. The van der Waals surface area contributed by atoms with Gasteiger partial charge in [-0.2, -0.15) is 0 Å². The fourth-order valence-corrected chi connectivity index (χ4v) is 3.33. The second-order valence-electron chi connectivity index (χ2n) is 6.77. The third-order valence-electron chi connectivity index (χ3n) is 4.60. The number of para-hydroxylation sites is 2. The van der Waals surface area contributed by atoms with Crippen LogP contribution in [0.4, 0.5) is 10.5 Å². The summed E-state index contributed by atoms with van der Waals surface area (Å²) in [6.07, 6.45) is 3.89. The molecule has 3 atom stereocenters. The largest absolute Gasteiger partial charge is 0.506 e. The van der Waals surface area contributed by atoms with E-state index in [0.717, 1.165) is 12.8 Å². The molecule has 0 spiro atoms. The Morgan fingerprint density at radius 3 is 2.73 bits per heavy atom. The number of hydrogen-bond acceptors (Lipinski definition) is 3. The van der Waals surface area contributed by atoms with Crippen LogP contribution < -0.4 is 5.32 Å². The van der Waals surface area contributed by atoms with Gasteiger partial charge in [-0.25, -0.2) is 4.79 Å². The summed E-state index contributed by atoms with van der Waals surface area (Å²) >= 11 is 0. The van der Waals surface area contributed by atoms with Crippen molar-refractivity contribution in [2.24, 2.45) is 17.8 Å². The second-order valence-corrected chi connectivity index (χ2v) is 6.77. The number of amides is 1. The lowest BCUT2D eigenvalue weighted by Gasteiger charge is -2.29. The average molecular weight is 305 g/mol. The van der Waals surface area contributed by atoms with E-state index in [4.69, 9.17) is 4.74 Å². The van der Waals surface area contributed by atoms with Gasteiger partial charge in [-0.05, 0) is 42.7 Å². The number of hydrogen-bond donors (Lipinski definition) is 2. The Morgan fingerprint density at radius 2 is 2.05 bits per heavy atom. The summed E-state index contributed by atoms with van der Waals surface area (Å²) in [5.41, 5.74) is 0.385. The molecule has 0 aromatic heterocycles. The number of aromatic hydroxyl groups is 1. The van der Waals surface area contributed by atoms with Crippen LogP contribution in [-0.2, 0) is 4.74 Å². The number of ether oxygens (including phenoxy) is 1. The lowest BCUT2D eigenvalue weighted by molar-refractivity contribution is 0.0443. The van der Waals surface area contributed by atoms with Crippen molar-refractivity contribution in [1.29, 1.82) is 0 Å². The van der Waals surface area contributed by atoms with Crippen molar-refractivity contribution in [1.82, 2.24) is 0 Å². The highest BCUT2D eigenvalue weighted by molar-refractivity contribution is 5.86. The Balaban J connectivity index is 2.02. The average Bonchev–Trinajstić information content (AvgIpc) is 2.62. The van der Waals surface area contributed by atoms with E-state index in [0.29, 0.717) is 23.4 Å². The van der Waals surface area contributed by atoms with Crippen LogP contribution in [0.25, 0.3) is 0 Å². The molecule has 2 rings (SSSR count). The number of nitrogens with one attached hydrogen (secondary N) is 1. The van der Waals surface area contributed by atoms with Gasteiger partial charge >= 0.3 is 6.09 Å². The maximum atomic E-state index is 12.2. The van der Waals surface area contributed by atoms with Crippen LogP contribution in [0.1, 0.15) is 46.5 Å². The van der Waals surface area contributed by atoms with Crippen molar-refractivity contribution >= 4 is 11.8 Å². The molecule has 0 aliphatic heterocycles. The molecule has 0 saturated heterocycles. The summed E-state index contributed by atoms with van der Waals surface area (Å²) < 4.78 is 5.71. The van der Waals surface area contributed by atoms with E-state index in [9.17, 15) is 9.90 Å². The molecule has 122 valence electrons. The standard InChI is InChI=1S/C18H27NO3/c1-12(2)14-8-6-7-13(3)11-17(14)22-18(21)19-15-9-4-5-10-16(15)20/h4-5,9-10,12-14,17,20H,6-8,11H2,1-3H3,(H,19,21). The maximum Gasteiger partial charge on any atom is 0.412 e. The van der Waals surface area contributed by atoms with E-state index < -0.39 is 6.09 Å². The fraction of sp³-hybridized carbons (Fsp3) is 0.611. The number of benzene rings is 1. The van der Waals surface area contributed by atoms with Crippen LogP contribution in [0.3, 0.4) is 0 Å². The molecule has 1 aliphatic rings. The van der Waals surface area contributed by atoms with Gasteiger partial charge in [0.1, 0.15) is 11.9 Å². The molecular weight excluding hydrogens is 278 g/mol. The van der Waals surface area contributed by atoms with E-state index in [-0.39, 0.29) is 11.9 Å². The van der Waals surface area contributed by atoms with Gasteiger partial charge in [0, 0.05) is 0 Å². The third-order valence-corrected chi connectivity index (χ3v) is 4.60. The summed E-state index contributed by atoms with van der Waals surface area (Å²) in [5, 5.41) is 12.4. The smallest absolute Gasteiger partial charge is 0.412 e. The van der Waals surface area contributed by atoms with Gasteiger partial charge < -0.3 is 9.84 Å².